The Bertz CT molecular complexity index is 932. The third-order valence-electron chi connectivity index (χ3n) is 4.24. The molecule has 1 aromatic heterocycles. The van der Waals surface area contributed by atoms with Crippen molar-refractivity contribution in [3.05, 3.63) is 66.7 Å². The van der Waals surface area contributed by atoms with E-state index in [-0.39, 0.29) is 30.1 Å². The quantitative estimate of drug-likeness (QED) is 0.269. The van der Waals surface area contributed by atoms with Crippen molar-refractivity contribution in [3.8, 4) is 17.2 Å². The highest BCUT2D eigenvalue weighted by Gasteiger charge is 2.11. The number of aromatic nitrogens is 3. The van der Waals surface area contributed by atoms with Crippen molar-refractivity contribution in [3.63, 3.8) is 0 Å². The molecule has 0 saturated carbocycles. The van der Waals surface area contributed by atoms with Gasteiger partial charge >= 0.3 is 0 Å². The Balaban J connectivity index is 0.00000320. The van der Waals surface area contributed by atoms with Crippen LogP contribution in [0.1, 0.15) is 12.7 Å². The Labute approximate surface area is 193 Å². The molecule has 1 heterocycles. The minimum absolute atomic E-state index is 0. The monoisotopic (exact) mass is 522 g/mol. The van der Waals surface area contributed by atoms with Crippen LogP contribution in [0.15, 0.2) is 65.9 Å². The van der Waals surface area contributed by atoms with E-state index in [1.807, 2.05) is 66.1 Å². The van der Waals surface area contributed by atoms with Gasteiger partial charge in [0, 0.05) is 12.7 Å². The van der Waals surface area contributed by atoms with Crippen molar-refractivity contribution in [2.45, 2.75) is 19.6 Å². The van der Waals surface area contributed by atoms with Crippen LogP contribution in [0, 0.1) is 0 Å². The molecule has 3 aromatic rings. The van der Waals surface area contributed by atoms with E-state index in [2.05, 4.69) is 25.8 Å². The number of guanidine groups is 1. The molecule has 0 saturated heterocycles. The van der Waals surface area contributed by atoms with E-state index in [0.29, 0.717) is 30.5 Å². The number of methoxy groups -OCH3 is 1. The number of halogens is 1. The number of nitrogens with one attached hydrogen (secondary N) is 2. The molecule has 3 rings (SSSR count). The predicted octanol–water partition coefficient (Wildman–Crippen LogP) is 3.03. The van der Waals surface area contributed by atoms with E-state index >= 15 is 0 Å². The fourth-order valence-corrected chi connectivity index (χ4v) is 2.78. The van der Waals surface area contributed by atoms with Gasteiger partial charge in [-0.15, -0.1) is 34.2 Å². The Kier molecular flexibility index (Phi) is 9.39. The number of hydrogen-bond acceptors (Lipinski definition) is 5. The second-order valence-electron chi connectivity index (χ2n) is 6.34. The van der Waals surface area contributed by atoms with Gasteiger partial charge in [0.15, 0.2) is 23.3 Å². The van der Waals surface area contributed by atoms with Crippen LogP contribution in [0.5, 0.6) is 11.5 Å². The first-order valence-electron chi connectivity index (χ1n) is 9.39. The predicted molar refractivity (Wildman–Crippen MR) is 128 cm³/mol. The Morgan fingerprint density at radius 1 is 1.07 bits per heavy atom. The molecule has 2 N–H and O–H groups in total. The maximum Gasteiger partial charge on any atom is 0.191 e. The lowest BCUT2D eigenvalue weighted by molar-refractivity contribution is 0.213. The summed E-state index contributed by atoms with van der Waals surface area (Å²) in [5.41, 5.74) is 1.01. The van der Waals surface area contributed by atoms with Crippen LogP contribution in [-0.4, -0.2) is 47.5 Å². The highest BCUT2D eigenvalue weighted by Crippen LogP contribution is 2.26. The smallest absolute Gasteiger partial charge is 0.191 e. The molecular formula is C21H27IN6O2. The third kappa shape index (κ3) is 6.34. The van der Waals surface area contributed by atoms with Crippen LogP contribution in [0.4, 0.5) is 0 Å². The van der Waals surface area contributed by atoms with E-state index in [1.165, 1.54) is 0 Å². The molecule has 0 aliphatic carbocycles. The van der Waals surface area contributed by atoms with Crippen molar-refractivity contribution in [2.24, 2.45) is 4.99 Å². The van der Waals surface area contributed by atoms with Gasteiger partial charge < -0.3 is 20.1 Å². The molecule has 0 radical (unpaired) electrons. The first-order chi connectivity index (χ1) is 14.2. The normalized spacial score (nSPS) is 11.9. The minimum atomic E-state index is -0.0854. The number of rotatable bonds is 8. The highest BCUT2D eigenvalue weighted by molar-refractivity contribution is 14.0. The number of benzene rings is 2. The largest absolute Gasteiger partial charge is 0.493 e. The number of aliphatic imine (C=N–C) groups is 1. The second kappa shape index (κ2) is 12.0. The van der Waals surface area contributed by atoms with Gasteiger partial charge in [-0.25, -0.2) is 0 Å². The zero-order valence-electron chi connectivity index (χ0n) is 17.3. The van der Waals surface area contributed by atoms with Crippen molar-refractivity contribution < 1.29 is 9.47 Å². The summed E-state index contributed by atoms with van der Waals surface area (Å²) in [6.45, 7) is 3.04. The van der Waals surface area contributed by atoms with Gasteiger partial charge in [-0.2, -0.15) is 0 Å². The maximum atomic E-state index is 5.96. The molecule has 0 aliphatic heterocycles. The van der Waals surface area contributed by atoms with Crippen molar-refractivity contribution in [2.75, 3.05) is 20.7 Å². The molecule has 0 bridgehead atoms. The van der Waals surface area contributed by atoms with Crippen molar-refractivity contribution in [1.29, 1.82) is 0 Å². The standard InChI is InChI=1S/C21H26N6O2.HI/c1-16(29-19-12-8-7-11-18(19)28-3)13-23-21(22-2)24-14-20-26-25-15-27(20)17-9-5-4-6-10-17;/h4-12,15-16H,13-14H2,1-3H3,(H2,22,23,24);1H. The lowest BCUT2D eigenvalue weighted by atomic mass is 10.3. The molecule has 1 unspecified atom stereocenters. The highest BCUT2D eigenvalue weighted by atomic mass is 127. The fourth-order valence-electron chi connectivity index (χ4n) is 2.78. The lowest BCUT2D eigenvalue weighted by Gasteiger charge is -2.19. The average molecular weight is 522 g/mol. The maximum absolute atomic E-state index is 5.96. The molecule has 30 heavy (non-hydrogen) atoms. The van der Waals surface area contributed by atoms with Crippen LogP contribution in [0.2, 0.25) is 0 Å². The summed E-state index contributed by atoms with van der Waals surface area (Å²) in [7, 11) is 3.36. The molecule has 0 aliphatic rings. The summed E-state index contributed by atoms with van der Waals surface area (Å²) in [6, 6.07) is 17.6. The molecule has 0 fully saturated rings. The Morgan fingerprint density at radius 3 is 2.47 bits per heavy atom. The average Bonchev–Trinajstić information content (AvgIpc) is 3.23. The summed E-state index contributed by atoms with van der Waals surface area (Å²) in [6.07, 6.45) is 1.61. The van der Waals surface area contributed by atoms with Crippen molar-refractivity contribution >= 4 is 29.9 Å². The SMILES string of the molecule is CN=C(NCc1nncn1-c1ccccc1)NCC(C)Oc1ccccc1OC.I. The van der Waals surface area contributed by atoms with Gasteiger partial charge in [0.1, 0.15) is 12.4 Å². The molecule has 0 amide bonds. The van der Waals surface area contributed by atoms with Gasteiger partial charge in [-0.3, -0.25) is 9.56 Å². The van der Waals surface area contributed by atoms with E-state index in [4.69, 9.17) is 9.47 Å². The second-order valence-corrected chi connectivity index (χ2v) is 6.34. The zero-order valence-corrected chi connectivity index (χ0v) is 19.6. The summed E-state index contributed by atoms with van der Waals surface area (Å²) >= 11 is 0. The molecule has 0 spiro atoms. The van der Waals surface area contributed by atoms with E-state index in [0.717, 1.165) is 11.5 Å². The number of hydrogen-bond donors (Lipinski definition) is 2. The molecule has 8 nitrogen and oxygen atoms in total. The lowest BCUT2D eigenvalue weighted by Crippen LogP contribution is -2.41. The number of nitrogens with zero attached hydrogens (tertiary/aromatic N) is 4. The van der Waals surface area contributed by atoms with Crippen LogP contribution in [-0.2, 0) is 6.54 Å². The summed E-state index contributed by atoms with van der Waals surface area (Å²) in [5.74, 6) is 2.87. The topological polar surface area (TPSA) is 85.6 Å². The number of para-hydroxylation sites is 3. The van der Waals surface area contributed by atoms with Gasteiger partial charge in [0.25, 0.3) is 0 Å². The minimum Gasteiger partial charge on any atom is -0.493 e. The first-order valence-corrected chi connectivity index (χ1v) is 9.39. The number of ether oxygens (including phenoxy) is 2. The summed E-state index contributed by atoms with van der Waals surface area (Å²) < 4.78 is 13.2. The van der Waals surface area contributed by atoms with Crippen LogP contribution in [0.3, 0.4) is 0 Å². The van der Waals surface area contributed by atoms with Crippen LogP contribution >= 0.6 is 24.0 Å². The van der Waals surface area contributed by atoms with Crippen molar-refractivity contribution in [1.82, 2.24) is 25.4 Å². The van der Waals surface area contributed by atoms with Gasteiger partial charge in [0.2, 0.25) is 0 Å². The van der Waals surface area contributed by atoms with E-state index < -0.39 is 0 Å². The van der Waals surface area contributed by atoms with E-state index in [1.54, 1.807) is 20.5 Å². The molecule has 9 heteroatoms. The third-order valence-corrected chi connectivity index (χ3v) is 4.24. The van der Waals surface area contributed by atoms with E-state index in [9.17, 15) is 0 Å². The van der Waals surface area contributed by atoms with Crippen LogP contribution in [0.25, 0.3) is 5.69 Å². The molecular weight excluding hydrogens is 495 g/mol. The zero-order chi connectivity index (χ0) is 20.5. The fraction of sp³-hybridized carbons (Fsp3) is 0.286. The molecule has 160 valence electrons. The van der Waals surface area contributed by atoms with Crippen LogP contribution < -0.4 is 20.1 Å². The van der Waals surface area contributed by atoms with Gasteiger partial charge in [-0.05, 0) is 31.2 Å². The molecule has 2 aromatic carbocycles. The Morgan fingerprint density at radius 2 is 1.77 bits per heavy atom. The van der Waals surface area contributed by atoms with Gasteiger partial charge in [-0.1, -0.05) is 30.3 Å². The molecule has 1 atom stereocenters. The summed E-state index contributed by atoms with van der Waals surface area (Å²) in [5, 5.41) is 14.7. The van der Waals surface area contributed by atoms with Gasteiger partial charge in [0.05, 0.1) is 20.2 Å². The first kappa shape index (κ1) is 23.5. The Hall–Kier alpha value is -2.82. The summed E-state index contributed by atoms with van der Waals surface area (Å²) in [4.78, 5) is 4.26.